The second kappa shape index (κ2) is 6.44. The van der Waals surface area contributed by atoms with Gasteiger partial charge in [0.15, 0.2) is 0 Å². The first-order valence-electron chi connectivity index (χ1n) is 8.22. The van der Waals surface area contributed by atoms with Crippen molar-refractivity contribution >= 4 is 11.4 Å². The van der Waals surface area contributed by atoms with E-state index in [1.165, 1.54) is 12.1 Å². The zero-order valence-corrected chi connectivity index (χ0v) is 14.1. The van der Waals surface area contributed by atoms with Crippen molar-refractivity contribution in [1.82, 2.24) is 14.9 Å². The summed E-state index contributed by atoms with van der Waals surface area (Å²) in [6.07, 6.45) is 1.89. The van der Waals surface area contributed by atoms with Crippen molar-refractivity contribution in [3.05, 3.63) is 84.3 Å². The molecule has 26 heavy (non-hydrogen) atoms. The van der Waals surface area contributed by atoms with Gasteiger partial charge >= 0.3 is 0 Å². The molecule has 4 aromatic rings. The summed E-state index contributed by atoms with van der Waals surface area (Å²) < 4.78 is 14.9. The predicted octanol–water partition coefficient (Wildman–Crippen LogP) is 4.17. The molecule has 4 nitrogen and oxygen atoms in total. The maximum Gasteiger partial charge on any atom is 0.251 e. The van der Waals surface area contributed by atoms with E-state index in [1.54, 1.807) is 35.8 Å². The van der Waals surface area contributed by atoms with Crippen molar-refractivity contribution in [1.29, 1.82) is 0 Å². The Morgan fingerprint density at radius 1 is 0.923 bits per heavy atom. The van der Waals surface area contributed by atoms with Gasteiger partial charge in [-0.25, -0.2) is 8.91 Å². The lowest BCUT2D eigenvalue weighted by Crippen LogP contribution is -2.17. The zero-order valence-electron chi connectivity index (χ0n) is 14.1. The molecule has 1 amide bonds. The van der Waals surface area contributed by atoms with Gasteiger partial charge in [0.1, 0.15) is 5.82 Å². The molecule has 1 N–H and O–H groups in total. The van der Waals surface area contributed by atoms with Gasteiger partial charge in [-0.2, -0.15) is 5.10 Å². The Balaban J connectivity index is 1.69. The summed E-state index contributed by atoms with van der Waals surface area (Å²) in [7, 11) is 1.61. The van der Waals surface area contributed by atoms with Crippen molar-refractivity contribution in [2.24, 2.45) is 0 Å². The SMILES string of the molecule is CNC(=O)c1ccc(-c2ccn3nc(-c4ccc(F)cc4)cc3c2)cc1. The first kappa shape index (κ1) is 16.0. The quantitative estimate of drug-likeness (QED) is 0.606. The molecule has 0 radical (unpaired) electrons. The number of nitrogens with zero attached hydrogens (tertiary/aromatic N) is 2. The van der Waals surface area contributed by atoms with Crippen LogP contribution in [0.15, 0.2) is 72.9 Å². The highest BCUT2D eigenvalue weighted by atomic mass is 19.1. The standard InChI is InChI=1S/C21H16FN3O/c1-23-21(26)16-4-2-14(3-5-16)17-10-11-25-19(12-17)13-20(24-25)15-6-8-18(22)9-7-15/h2-13H,1H3,(H,23,26). The fraction of sp³-hybridized carbons (Fsp3) is 0.0476. The molecule has 5 heteroatoms. The Hall–Kier alpha value is -3.47. The fourth-order valence-corrected chi connectivity index (χ4v) is 2.89. The molecule has 0 saturated carbocycles. The van der Waals surface area contributed by atoms with Crippen molar-refractivity contribution in [2.45, 2.75) is 0 Å². The van der Waals surface area contributed by atoms with Crippen LogP contribution in [0.5, 0.6) is 0 Å². The number of amides is 1. The molecule has 4 rings (SSSR count). The molecule has 0 aliphatic heterocycles. The Labute approximate surface area is 149 Å². The normalized spacial score (nSPS) is 10.8. The van der Waals surface area contributed by atoms with Crippen LogP contribution in [-0.4, -0.2) is 22.6 Å². The maximum atomic E-state index is 13.1. The van der Waals surface area contributed by atoms with Crippen LogP contribution in [0.25, 0.3) is 27.9 Å². The summed E-state index contributed by atoms with van der Waals surface area (Å²) in [5.41, 5.74) is 5.28. The second-order valence-electron chi connectivity index (χ2n) is 5.98. The van der Waals surface area contributed by atoms with Crippen molar-refractivity contribution in [3.8, 4) is 22.4 Å². The van der Waals surface area contributed by atoms with E-state index in [2.05, 4.69) is 10.4 Å². The molecule has 0 aliphatic rings. The number of halogens is 1. The van der Waals surface area contributed by atoms with Gasteiger partial charge in [0, 0.05) is 24.4 Å². The van der Waals surface area contributed by atoms with Gasteiger partial charge in [0.05, 0.1) is 11.2 Å². The molecule has 0 bridgehead atoms. The molecular formula is C21H16FN3O. The van der Waals surface area contributed by atoms with Gasteiger partial charge in [-0.1, -0.05) is 12.1 Å². The van der Waals surface area contributed by atoms with Gasteiger partial charge in [-0.15, -0.1) is 0 Å². The minimum atomic E-state index is -0.264. The first-order valence-corrected chi connectivity index (χ1v) is 8.22. The number of aromatic nitrogens is 2. The van der Waals surface area contributed by atoms with Gasteiger partial charge in [-0.3, -0.25) is 4.79 Å². The number of rotatable bonds is 3. The first-order chi connectivity index (χ1) is 12.6. The molecule has 0 saturated heterocycles. The maximum absolute atomic E-state index is 13.1. The number of carbonyl (C=O) groups is 1. The van der Waals surface area contributed by atoms with E-state index >= 15 is 0 Å². The summed E-state index contributed by atoms with van der Waals surface area (Å²) in [5, 5.41) is 7.15. The Kier molecular flexibility index (Phi) is 3.97. The second-order valence-corrected chi connectivity index (χ2v) is 5.98. The van der Waals surface area contributed by atoms with Crippen molar-refractivity contribution < 1.29 is 9.18 Å². The molecule has 2 aromatic carbocycles. The molecule has 2 aromatic heterocycles. The number of hydrogen-bond donors (Lipinski definition) is 1. The monoisotopic (exact) mass is 345 g/mol. The third-order valence-corrected chi connectivity index (χ3v) is 4.31. The van der Waals surface area contributed by atoms with E-state index in [4.69, 9.17) is 0 Å². The van der Waals surface area contributed by atoms with Crippen LogP contribution in [-0.2, 0) is 0 Å². The number of carbonyl (C=O) groups excluding carboxylic acids is 1. The fourth-order valence-electron chi connectivity index (χ4n) is 2.89. The molecule has 128 valence electrons. The molecule has 0 unspecified atom stereocenters. The van der Waals surface area contributed by atoms with Crippen LogP contribution >= 0.6 is 0 Å². The third kappa shape index (κ3) is 2.95. The molecule has 2 heterocycles. The number of nitrogens with one attached hydrogen (secondary N) is 1. The van der Waals surface area contributed by atoms with Gasteiger partial charge in [0.2, 0.25) is 0 Å². The highest BCUT2D eigenvalue weighted by Gasteiger charge is 2.07. The van der Waals surface area contributed by atoms with E-state index in [-0.39, 0.29) is 11.7 Å². The topological polar surface area (TPSA) is 46.4 Å². The average Bonchev–Trinajstić information content (AvgIpc) is 3.11. The highest BCUT2D eigenvalue weighted by Crippen LogP contribution is 2.25. The summed E-state index contributed by atoms with van der Waals surface area (Å²) in [4.78, 5) is 11.6. The van der Waals surface area contributed by atoms with Gasteiger partial charge in [-0.05, 0) is 65.7 Å². The van der Waals surface area contributed by atoms with Crippen LogP contribution in [0.2, 0.25) is 0 Å². The number of pyridine rings is 1. The largest absolute Gasteiger partial charge is 0.355 e. The van der Waals surface area contributed by atoms with Crippen molar-refractivity contribution in [3.63, 3.8) is 0 Å². The summed E-state index contributed by atoms with van der Waals surface area (Å²) in [6, 6.07) is 19.7. The number of fused-ring (bicyclic) bond motifs is 1. The van der Waals surface area contributed by atoms with E-state index in [9.17, 15) is 9.18 Å². The van der Waals surface area contributed by atoms with E-state index in [0.29, 0.717) is 5.56 Å². The smallest absolute Gasteiger partial charge is 0.251 e. The minimum Gasteiger partial charge on any atom is -0.355 e. The highest BCUT2D eigenvalue weighted by molar-refractivity contribution is 5.94. The minimum absolute atomic E-state index is 0.105. The summed E-state index contributed by atoms with van der Waals surface area (Å²) in [6.45, 7) is 0. The average molecular weight is 345 g/mol. The van der Waals surface area contributed by atoms with Crippen LogP contribution in [0.1, 0.15) is 10.4 Å². The van der Waals surface area contributed by atoms with Crippen LogP contribution in [0, 0.1) is 5.82 Å². The Morgan fingerprint density at radius 3 is 2.31 bits per heavy atom. The molecule has 0 fully saturated rings. The van der Waals surface area contributed by atoms with E-state index < -0.39 is 0 Å². The Bertz CT molecular complexity index is 1080. The molecular weight excluding hydrogens is 329 g/mol. The van der Waals surface area contributed by atoms with Crippen LogP contribution in [0.4, 0.5) is 4.39 Å². The number of benzene rings is 2. The molecule has 0 atom stereocenters. The lowest BCUT2D eigenvalue weighted by atomic mass is 10.0. The lowest BCUT2D eigenvalue weighted by molar-refractivity contribution is 0.0963. The summed E-state index contributed by atoms with van der Waals surface area (Å²) >= 11 is 0. The van der Waals surface area contributed by atoms with Gasteiger partial charge < -0.3 is 5.32 Å². The molecule has 0 spiro atoms. The predicted molar refractivity (Wildman–Crippen MR) is 99.4 cm³/mol. The van der Waals surface area contributed by atoms with Crippen molar-refractivity contribution in [2.75, 3.05) is 7.05 Å². The van der Waals surface area contributed by atoms with Crippen LogP contribution < -0.4 is 5.32 Å². The van der Waals surface area contributed by atoms with E-state index in [1.807, 2.05) is 36.5 Å². The summed E-state index contributed by atoms with van der Waals surface area (Å²) in [5.74, 6) is -0.369. The Morgan fingerprint density at radius 2 is 1.62 bits per heavy atom. The molecule has 0 aliphatic carbocycles. The van der Waals surface area contributed by atoms with Gasteiger partial charge in [0.25, 0.3) is 5.91 Å². The lowest BCUT2D eigenvalue weighted by Gasteiger charge is -2.04. The number of hydrogen-bond acceptors (Lipinski definition) is 2. The zero-order chi connectivity index (χ0) is 18.1. The van der Waals surface area contributed by atoms with E-state index in [0.717, 1.165) is 27.9 Å². The van der Waals surface area contributed by atoms with Crippen LogP contribution in [0.3, 0.4) is 0 Å². The third-order valence-electron chi connectivity index (χ3n) is 4.31.